The first-order valence-electron chi connectivity index (χ1n) is 7.35. The van der Waals surface area contributed by atoms with Gasteiger partial charge in [0.1, 0.15) is 6.33 Å². The first-order valence-corrected chi connectivity index (χ1v) is 7.35. The summed E-state index contributed by atoms with van der Waals surface area (Å²) in [5.74, 6) is 0.0568. The molecular formula is C15H21N5O2. The number of benzene rings is 1. The van der Waals surface area contributed by atoms with Crippen LogP contribution in [-0.4, -0.2) is 43.9 Å². The molecule has 2 rings (SSSR count). The fraction of sp³-hybridized carbons (Fsp3) is 0.467. The summed E-state index contributed by atoms with van der Waals surface area (Å²) in [5, 5.41) is 23.2. The van der Waals surface area contributed by atoms with Crippen LogP contribution in [0.3, 0.4) is 0 Å². The van der Waals surface area contributed by atoms with Crippen LogP contribution in [-0.2, 0) is 6.54 Å². The van der Waals surface area contributed by atoms with Gasteiger partial charge in [0.2, 0.25) is 0 Å². The molecule has 1 aromatic heterocycles. The lowest BCUT2D eigenvalue weighted by Crippen LogP contribution is -2.41. The topological polar surface area (TPSA) is 92.9 Å². The normalized spacial score (nSPS) is 13.6. The van der Waals surface area contributed by atoms with E-state index in [9.17, 15) is 9.90 Å². The molecule has 1 heterocycles. The molecule has 0 radical (unpaired) electrons. The average Bonchev–Trinajstić information content (AvgIpc) is 3.05. The monoisotopic (exact) mass is 303 g/mol. The third-order valence-electron chi connectivity index (χ3n) is 3.80. The number of carbonyl (C=O) groups excluding carboxylic acids is 1. The van der Waals surface area contributed by atoms with Crippen LogP contribution >= 0.6 is 0 Å². The number of aliphatic hydroxyl groups is 1. The van der Waals surface area contributed by atoms with E-state index in [4.69, 9.17) is 0 Å². The number of aliphatic hydroxyl groups excluding tert-OH is 1. The maximum atomic E-state index is 12.2. The molecule has 1 amide bonds. The largest absolute Gasteiger partial charge is 0.394 e. The van der Waals surface area contributed by atoms with Gasteiger partial charge in [-0.3, -0.25) is 4.79 Å². The van der Waals surface area contributed by atoms with Crippen molar-refractivity contribution >= 4 is 5.91 Å². The smallest absolute Gasteiger partial charge is 0.251 e. The Hall–Kier alpha value is -2.28. The van der Waals surface area contributed by atoms with Crippen LogP contribution in [0.25, 0.3) is 0 Å². The molecule has 0 aliphatic heterocycles. The van der Waals surface area contributed by atoms with Crippen molar-refractivity contribution in [2.75, 3.05) is 6.61 Å². The number of hydrogen-bond acceptors (Lipinski definition) is 5. The van der Waals surface area contributed by atoms with E-state index in [2.05, 4.69) is 20.8 Å². The van der Waals surface area contributed by atoms with E-state index in [-0.39, 0.29) is 24.5 Å². The van der Waals surface area contributed by atoms with E-state index in [1.54, 1.807) is 23.1 Å². The highest BCUT2D eigenvalue weighted by atomic mass is 16.3. The van der Waals surface area contributed by atoms with Crippen molar-refractivity contribution in [3.05, 3.63) is 41.7 Å². The van der Waals surface area contributed by atoms with Crippen LogP contribution in [0.2, 0.25) is 0 Å². The van der Waals surface area contributed by atoms with Gasteiger partial charge in [0.15, 0.2) is 0 Å². The van der Waals surface area contributed by atoms with E-state index in [1.165, 1.54) is 0 Å². The zero-order valence-corrected chi connectivity index (χ0v) is 12.8. The SMILES string of the molecule is CC[C@@H](C)[C@H](CO)NC(=O)c1ccc(Cn2cnnn2)cc1. The lowest BCUT2D eigenvalue weighted by atomic mass is 9.99. The van der Waals surface area contributed by atoms with Crippen molar-refractivity contribution in [1.82, 2.24) is 25.5 Å². The number of nitrogens with one attached hydrogen (secondary N) is 1. The Morgan fingerprint density at radius 1 is 1.36 bits per heavy atom. The Kier molecular flexibility index (Phi) is 5.60. The second kappa shape index (κ2) is 7.65. The molecule has 22 heavy (non-hydrogen) atoms. The van der Waals surface area contributed by atoms with Crippen molar-refractivity contribution in [2.24, 2.45) is 5.92 Å². The third-order valence-corrected chi connectivity index (χ3v) is 3.80. The highest BCUT2D eigenvalue weighted by Crippen LogP contribution is 2.10. The molecule has 0 unspecified atom stereocenters. The van der Waals surface area contributed by atoms with Gasteiger partial charge >= 0.3 is 0 Å². The van der Waals surface area contributed by atoms with E-state index in [1.807, 2.05) is 26.0 Å². The summed E-state index contributed by atoms with van der Waals surface area (Å²) in [6, 6.07) is 7.04. The maximum absolute atomic E-state index is 12.2. The Morgan fingerprint density at radius 2 is 2.09 bits per heavy atom. The van der Waals surface area contributed by atoms with Crippen molar-refractivity contribution in [3.63, 3.8) is 0 Å². The number of hydrogen-bond donors (Lipinski definition) is 2. The first-order chi connectivity index (χ1) is 10.6. The summed E-state index contributed by atoms with van der Waals surface area (Å²) in [6.45, 7) is 4.54. The van der Waals surface area contributed by atoms with Gasteiger partial charge in [0.05, 0.1) is 19.2 Å². The van der Waals surface area contributed by atoms with Crippen molar-refractivity contribution < 1.29 is 9.90 Å². The average molecular weight is 303 g/mol. The number of tetrazole rings is 1. The van der Waals surface area contributed by atoms with Crippen LogP contribution in [0.15, 0.2) is 30.6 Å². The van der Waals surface area contributed by atoms with Gasteiger partial charge in [-0.25, -0.2) is 4.68 Å². The summed E-state index contributed by atoms with van der Waals surface area (Å²) < 4.78 is 1.61. The van der Waals surface area contributed by atoms with Gasteiger partial charge in [-0.2, -0.15) is 0 Å². The number of nitrogens with zero attached hydrogens (tertiary/aromatic N) is 4. The molecule has 2 atom stereocenters. The molecule has 0 aliphatic carbocycles. The quantitative estimate of drug-likeness (QED) is 0.791. The number of amides is 1. The second-order valence-electron chi connectivity index (χ2n) is 5.35. The summed E-state index contributed by atoms with van der Waals surface area (Å²) in [4.78, 5) is 12.2. The van der Waals surface area contributed by atoms with Gasteiger partial charge < -0.3 is 10.4 Å². The summed E-state index contributed by atoms with van der Waals surface area (Å²) in [5.41, 5.74) is 1.58. The van der Waals surface area contributed by atoms with Crippen LogP contribution in [0.1, 0.15) is 36.2 Å². The first kappa shape index (κ1) is 16.1. The fourth-order valence-corrected chi connectivity index (χ4v) is 2.11. The zero-order valence-electron chi connectivity index (χ0n) is 12.8. The molecule has 0 fully saturated rings. The predicted octanol–water partition coefficient (Wildman–Crippen LogP) is 0.858. The van der Waals surface area contributed by atoms with Gasteiger partial charge in [-0.05, 0) is 34.0 Å². The molecule has 0 spiro atoms. The Morgan fingerprint density at radius 3 is 2.64 bits per heavy atom. The van der Waals surface area contributed by atoms with E-state index in [0.29, 0.717) is 12.1 Å². The summed E-state index contributed by atoms with van der Waals surface area (Å²) >= 11 is 0. The number of carbonyl (C=O) groups is 1. The molecule has 0 saturated heterocycles. The minimum Gasteiger partial charge on any atom is -0.394 e. The van der Waals surface area contributed by atoms with Crippen LogP contribution in [0.4, 0.5) is 0 Å². The molecule has 0 saturated carbocycles. The maximum Gasteiger partial charge on any atom is 0.251 e. The van der Waals surface area contributed by atoms with Gasteiger partial charge in [-0.15, -0.1) is 5.10 Å². The molecule has 118 valence electrons. The van der Waals surface area contributed by atoms with Gasteiger partial charge in [0, 0.05) is 5.56 Å². The summed E-state index contributed by atoms with van der Waals surface area (Å²) in [6.07, 6.45) is 2.44. The number of rotatable bonds is 7. The van der Waals surface area contributed by atoms with Crippen molar-refractivity contribution in [1.29, 1.82) is 0 Å². The lowest BCUT2D eigenvalue weighted by Gasteiger charge is -2.22. The highest BCUT2D eigenvalue weighted by molar-refractivity contribution is 5.94. The summed E-state index contributed by atoms with van der Waals surface area (Å²) in [7, 11) is 0. The molecule has 0 bridgehead atoms. The van der Waals surface area contributed by atoms with E-state index < -0.39 is 0 Å². The van der Waals surface area contributed by atoms with Gasteiger partial charge in [-0.1, -0.05) is 32.4 Å². The van der Waals surface area contributed by atoms with Crippen LogP contribution < -0.4 is 5.32 Å². The Balaban J connectivity index is 1.98. The molecular weight excluding hydrogens is 282 g/mol. The van der Waals surface area contributed by atoms with Crippen LogP contribution in [0.5, 0.6) is 0 Å². The fourth-order valence-electron chi connectivity index (χ4n) is 2.11. The van der Waals surface area contributed by atoms with Gasteiger partial charge in [0.25, 0.3) is 5.91 Å². The predicted molar refractivity (Wildman–Crippen MR) is 81.2 cm³/mol. The zero-order chi connectivity index (χ0) is 15.9. The van der Waals surface area contributed by atoms with Crippen molar-refractivity contribution in [2.45, 2.75) is 32.9 Å². The Bertz CT molecular complexity index is 582. The van der Waals surface area contributed by atoms with Crippen LogP contribution in [0, 0.1) is 5.92 Å². The standard InChI is InChI=1S/C15H21N5O2/c1-3-11(2)14(9-21)17-15(22)13-6-4-12(5-7-13)8-20-10-16-18-19-20/h4-7,10-11,14,21H,3,8-9H2,1-2H3,(H,17,22)/t11-,14+/m1/s1. The highest BCUT2D eigenvalue weighted by Gasteiger charge is 2.18. The second-order valence-corrected chi connectivity index (χ2v) is 5.35. The minimum atomic E-state index is -0.224. The lowest BCUT2D eigenvalue weighted by molar-refractivity contribution is 0.0891. The number of aromatic nitrogens is 4. The van der Waals surface area contributed by atoms with Crippen molar-refractivity contribution in [3.8, 4) is 0 Å². The molecule has 7 nitrogen and oxygen atoms in total. The molecule has 2 N–H and O–H groups in total. The molecule has 1 aromatic carbocycles. The van der Waals surface area contributed by atoms with E-state index in [0.717, 1.165) is 12.0 Å². The third kappa shape index (κ3) is 4.11. The Labute approximate surface area is 129 Å². The minimum absolute atomic E-state index is 0.0574. The molecule has 0 aliphatic rings. The molecule has 7 heteroatoms. The molecule has 2 aromatic rings. The van der Waals surface area contributed by atoms with E-state index >= 15 is 0 Å².